The number of anilines is 1. The van der Waals surface area contributed by atoms with Crippen molar-refractivity contribution >= 4 is 21.6 Å². The standard InChI is InChI=1S/C21H23N3O5S/c1-13-10-18(14(2)29-13)21(25)22-20-11-19(15-4-6-17(28-3)7-5-15)23-24(20)16-8-9-30(26,27)12-16/h4-7,10-11,16H,8-9,12H2,1-3H3,(H,22,25)/t16-/m1/s1. The van der Waals surface area contributed by atoms with Crippen molar-refractivity contribution in [2.24, 2.45) is 0 Å². The maximum atomic E-state index is 12.8. The number of hydrogen-bond donors (Lipinski definition) is 1. The molecule has 3 aromatic rings. The van der Waals surface area contributed by atoms with E-state index >= 15 is 0 Å². The minimum absolute atomic E-state index is 0.00342. The van der Waals surface area contributed by atoms with Gasteiger partial charge in [0.25, 0.3) is 5.91 Å². The Morgan fingerprint density at radius 1 is 1.23 bits per heavy atom. The lowest BCUT2D eigenvalue weighted by Gasteiger charge is -2.13. The van der Waals surface area contributed by atoms with E-state index in [-0.39, 0.29) is 23.5 Å². The molecule has 2 aromatic heterocycles. The monoisotopic (exact) mass is 429 g/mol. The molecule has 1 N–H and O–H groups in total. The molecule has 1 aliphatic rings. The van der Waals surface area contributed by atoms with Crippen LogP contribution < -0.4 is 10.1 Å². The topological polar surface area (TPSA) is 103 Å². The third-order valence-electron chi connectivity index (χ3n) is 5.20. The van der Waals surface area contributed by atoms with Gasteiger partial charge in [0.15, 0.2) is 9.84 Å². The number of carbonyl (C=O) groups excluding carboxylic acids is 1. The second-order valence-corrected chi connectivity index (χ2v) is 9.65. The summed E-state index contributed by atoms with van der Waals surface area (Å²) in [5.41, 5.74) is 1.91. The van der Waals surface area contributed by atoms with Crippen LogP contribution in [-0.2, 0) is 9.84 Å². The molecule has 0 radical (unpaired) electrons. The number of aromatic nitrogens is 2. The predicted molar refractivity (Wildman–Crippen MR) is 113 cm³/mol. The minimum Gasteiger partial charge on any atom is -0.497 e. The number of sulfone groups is 1. The average molecular weight is 429 g/mol. The third kappa shape index (κ3) is 3.97. The van der Waals surface area contributed by atoms with E-state index in [4.69, 9.17) is 9.15 Å². The number of nitrogens with one attached hydrogen (secondary N) is 1. The number of ether oxygens (including phenoxy) is 1. The molecule has 1 saturated heterocycles. The first-order chi connectivity index (χ1) is 14.3. The molecule has 1 atom stereocenters. The molecule has 3 heterocycles. The first-order valence-corrected chi connectivity index (χ1v) is 11.4. The van der Waals surface area contributed by atoms with Crippen LogP contribution in [0.4, 0.5) is 5.82 Å². The Balaban J connectivity index is 1.70. The fourth-order valence-corrected chi connectivity index (χ4v) is 5.37. The maximum absolute atomic E-state index is 12.8. The highest BCUT2D eigenvalue weighted by atomic mass is 32.2. The summed E-state index contributed by atoms with van der Waals surface area (Å²) in [5, 5.41) is 7.51. The fraction of sp³-hybridized carbons (Fsp3) is 0.333. The van der Waals surface area contributed by atoms with Crippen molar-refractivity contribution in [3.05, 3.63) is 53.5 Å². The number of furan rings is 1. The van der Waals surface area contributed by atoms with Gasteiger partial charge in [0.1, 0.15) is 23.1 Å². The third-order valence-corrected chi connectivity index (χ3v) is 6.95. The summed E-state index contributed by atoms with van der Waals surface area (Å²) in [6, 6.07) is 10.5. The molecule has 0 aliphatic carbocycles. The summed E-state index contributed by atoms with van der Waals surface area (Å²) < 4.78 is 36.3. The summed E-state index contributed by atoms with van der Waals surface area (Å²) in [5.74, 6) is 2.13. The zero-order chi connectivity index (χ0) is 21.5. The number of nitrogens with zero attached hydrogens (tertiary/aromatic N) is 2. The first kappa shape index (κ1) is 20.2. The summed E-state index contributed by atoms with van der Waals surface area (Å²) in [7, 11) is -1.52. The maximum Gasteiger partial charge on any atom is 0.260 e. The summed E-state index contributed by atoms with van der Waals surface area (Å²) in [4.78, 5) is 12.8. The van der Waals surface area contributed by atoms with Crippen LogP contribution in [0.3, 0.4) is 0 Å². The molecule has 8 nitrogen and oxygen atoms in total. The number of hydrogen-bond acceptors (Lipinski definition) is 6. The number of carbonyl (C=O) groups is 1. The molecular formula is C21H23N3O5S. The van der Waals surface area contributed by atoms with Crippen molar-refractivity contribution in [2.75, 3.05) is 23.9 Å². The van der Waals surface area contributed by atoms with Crippen LogP contribution in [0.2, 0.25) is 0 Å². The predicted octanol–water partition coefficient (Wildman–Crippen LogP) is 3.38. The smallest absolute Gasteiger partial charge is 0.260 e. The van der Waals surface area contributed by atoms with Crippen LogP contribution in [0.1, 0.15) is 34.3 Å². The molecule has 30 heavy (non-hydrogen) atoms. The zero-order valence-electron chi connectivity index (χ0n) is 17.0. The van der Waals surface area contributed by atoms with E-state index in [9.17, 15) is 13.2 Å². The van der Waals surface area contributed by atoms with E-state index in [0.717, 1.165) is 11.3 Å². The number of rotatable bonds is 5. The molecule has 158 valence electrons. The van der Waals surface area contributed by atoms with E-state index < -0.39 is 9.84 Å². The van der Waals surface area contributed by atoms with E-state index in [2.05, 4.69) is 10.4 Å². The Labute approximate surface area is 174 Å². The van der Waals surface area contributed by atoms with Crippen LogP contribution >= 0.6 is 0 Å². The van der Waals surface area contributed by atoms with Crippen molar-refractivity contribution in [2.45, 2.75) is 26.3 Å². The lowest BCUT2D eigenvalue weighted by molar-refractivity contribution is 0.102. The van der Waals surface area contributed by atoms with Crippen molar-refractivity contribution < 1.29 is 22.4 Å². The first-order valence-electron chi connectivity index (χ1n) is 9.58. The lowest BCUT2D eigenvalue weighted by Crippen LogP contribution is -2.19. The molecule has 0 unspecified atom stereocenters. The van der Waals surface area contributed by atoms with Gasteiger partial charge in [0.05, 0.1) is 35.9 Å². The minimum atomic E-state index is -3.11. The number of methoxy groups -OCH3 is 1. The highest BCUT2D eigenvalue weighted by molar-refractivity contribution is 7.91. The Bertz CT molecular complexity index is 1190. The highest BCUT2D eigenvalue weighted by Crippen LogP contribution is 2.31. The SMILES string of the molecule is COc1ccc(-c2cc(NC(=O)c3cc(C)oc3C)n([C@@H]3CCS(=O)(=O)C3)n2)cc1. The second kappa shape index (κ2) is 7.64. The van der Waals surface area contributed by atoms with Gasteiger partial charge in [-0.25, -0.2) is 13.1 Å². The average Bonchev–Trinajstić information content (AvgIpc) is 3.38. The molecule has 1 aliphatic heterocycles. The molecule has 1 amide bonds. The van der Waals surface area contributed by atoms with E-state index in [1.807, 2.05) is 24.3 Å². The van der Waals surface area contributed by atoms with Crippen molar-refractivity contribution in [1.82, 2.24) is 9.78 Å². The van der Waals surface area contributed by atoms with Crippen molar-refractivity contribution in [1.29, 1.82) is 0 Å². The summed E-state index contributed by atoms with van der Waals surface area (Å²) in [6.07, 6.45) is 0.457. The summed E-state index contributed by atoms with van der Waals surface area (Å²) in [6.45, 7) is 3.50. The number of benzene rings is 1. The van der Waals surface area contributed by atoms with Gasteiger partial charge < -0.3 is 14.5 Å². The second-order valence-electron chi connectivity index (χ2n) is 7.43. The molecular weight excluding hydrogens is 406 g/mol. The Morgan fingerprint density at radius 3 is 2.53 bits per heavy atom. The largest absolute Gasteiger partial charge is 0.497 e. The van der Waals surface area contributed by atoms with Crippen LogP contribution in [0.15, 0.2) is 40.8 Å². The van der Waals surface area contributed by atoms with Gasteiger partial charge in [0, 0.05) is 11.6 Å². The van der Waals surface area contributed by atoms with Gasteiger partial charge in [-0.15, -0.1) is 0 Å². The molecule has 0 saturated carbocycles. The van der Waals surface area contributed by atoms with Crippen LogP contribution in [0, 0.1) is 13.8 Å². The molecule has 4 rings (SSSR count). The van der Waals surface area contributed by atoms with Gasteiger partial charge in [0.2, 0.25) is 0 Å². The van der Waals surface area contributed by atoms with E-state index in [0.29, 0.717) is 35.0 Å². The van der Waals surface area contributed by atoms with Gasteiger partial charge in [-0.1, -0.05) is 0 Å². The Hall–Kier alpha value is -3.07. The van der Waals surface area contributed by atoms with Crippen LogP contribution in [0.25, 0.3) is 11.3 Å². The number of aryl methyl sites for hydroxylation is 2. The van der Waals surface area contributed by atoms with Gasteiger partial charge in [-0.2, -0.15) is 5.10 Å². The molecule has 1 fully saturated rings. The molecule has 9 heteroatoms. The quantitative estimate of drug-likeness (QED) is 0.667. The fourth-order valence-electron chi connectivity index (χ4n) is 3.68. The molecule has 0 spiro atoms. The van der Waals surface area contributed by atoms with Crippen molar-refractivity contribution in [3.8, 4) is 17.0 Å². The molecule has 1 aromatic carbocycles. The Kier molecular flexibility index (Phi) is 5.15. The van der Waals surface area contributed by atoms with Crippen molar-refractivity contribution in [3.63, 3.8) is 0 Å². The zero-order valence-corrected chi connectivity index (χ0v) is 17.8. The van der Waals surface area contributed by atoms with Gasteiger partial charge in [-0.3, -0.25) is 4.79 Å². The summed E-state index contributed by atoms with van der Waals surface area (Å²) >= 11 is 0. The van der Waals surface area contributed by atoms with Gasteiger partial charge >= 0.3 is 0 Å². The lowest BCUT2D eigenvalue weighted by atomic mass is 10.1. The highest BCUT2D eigenvalue weighted by Gasteiger charge is 2.32. The van der Waals surface area contributed by atoms with Gasteiger partial charge in [-0.05, 0) is 50.6 Å². The molecule has 0 bridgehead atoms. The number of amides is 1. The Morgan fingerprint density at radius 2 is 1.97 bits per heavy atom. The van der Waals surface area contributed by atoms with E-state index in [1.165, 1.54) is 0 Å². The normalized spacial score (nSPS) is 17.8. The van der Waals surface area contributed by atoms with Crippen LogP contribution in [0.5, 0.6) is 5.75 Å². The van der Waals surface area contributed by atoms with Crippen LogP contribution in [-0.4, -0.2) is 42.7 Å². The van der Waals surface area contributed by atoms with E-state index in [1.54, 1.807) is 37.8 Å².